The highest BCUT2D eigenvalue weighted by molar-refractivity contribution is 6.01. The van der Waals surface area contributed by atoms with E-state index in [0.29, 0.717) is 24.4 Å². The Labute approximate surface area is 187 Å². The number of piperidine rings is 1. The molecule has 4 aromatic rings. The third-order valence-corrected chi connectivity index (χ3v) is 6.81. The second-order valence-corrected chi connectivity index (χ2v) is 8.97. The van der Waals surface area contributed by atoms with Crippen molar-refractivity contribution in [1.82, 2.24) is 9.88 Å². The molecule has 3 atom stereocenters. The average Bonchev–Trinajstić information content (AvgIpc) is 3.31. The molecule has 1 amide bonds. The fourth-order valence-electron chi connectivity index (χ4n) is 5.07. The van der Waals surface area contributed by atoms with Gasteiger partial charge in [0.15, 0.2) is 5.58 Å². The minimum absolute atomic E-state index is 0.115. The molecule has 5 nitrogen and oxygen atoms in total. The molecule has 2 aliphatic rings. The predicted octanol–water partition coefficient (Wildman–Crippen LogP) is 5.38. The number of carbonyl (C=O) groups excluding carboxylic acids is 1. The Bertz CT molecular complexity index is 1260. The molecule has 1 N–H and O–H groups in total. The van der Waals surface area contributed by atoms with Gasteiger partial charge in [0, 0.05) is 18.7 Å². The van der Waals surface area contributed by atoms with Crippen LogP contribution >= 0.6 is 0 Å². The molecule has 3 unspecified atom stereocenters. The minimum atomic E-state index is 0.115. The van der Waals surface area contributed by atoms with Crippen LogP contribution in [0.2, 0.25) is 0 Å². The number of para-hydroxylation sites is 2. The van der Waals surface area contributed by atoms with Crippen molar-refractivity contribution < 1.29 is 9.21 Å². The van der Waals surface area contributed by atoms with Crippen molar-refractivity contribution in [3.63, 3.8) is 0 Å². The van der Waals surface area contributed by atoms with Gasteiger partial charge in [-0.1, -0.05) is 60.2 Å². The summed E-state index contributed by atoms with van der Waals surface area (Å²) in [7, 11) is 0. The maximum absolute atomic E-state index is 13.8. The van der Waals surface area contributed by atoms with Gasteiger partial charge in [-0.2, -0.15) is 4.98 Å². The lowest BCUT2D eigenvalue weighted by Gasteiger charge is -2.28. The number of oxazole rings is 1. The maximum Gasteiger partial charge on any atom is 0.295 e. The Morgan fingerprint density at radius 1 is 1.09 bits per heavy atom. The van der Waals surface area contributed by atoms with E-state index in [0.717, 1.165) is 39.9 Å². The second kappa shape index (κ2) is 7.52. The molecule has 1 saturated carbocycles. The molecular formula is C27H25N3O2. The van der Waals surface area contributed by atoms with Gasteiger partial charge in [-0.05, 0) is 54.5 Å². The molecule has 0 spiro atoms. The second-order valence-electron chi connectivity index (χ2n) is 8.97. The number of rotatable bonds is 5. The first kappa shape index (κ1) is 19.1. The SMILES string of the molecule is Cc1ccc(-c2ccccc2)c(C(=O)N2CC3CC3C2CNc2nc3ccccc3o2)c1. The lowest BCUT2D eigenvalue weighted by Crippen LogP contribution is -2.42. The first-order valence-electron chi connectivity index (χ1n) is 11.2. The summed E-state index contributed by atoms with van der Waals surface area (Å²) in [6.45, 7) is 3.51. The molecule has 160 valence electrons. The molecule has 2 heterocycles. The summed E-state index contributed by atoms with van der Waals surface area (Å²) in [5.74, 6) is 1.28. The van der Waals surface area contributed by atoms with Crippen LogP contribution in [0.4, 0.5) is 6.01 Å². The molecule has 1 aliphatic carbocycles. The van der Waals surface area contributed by atoms with Crippen LogP contribution in [0, 0.1) is 18.8 Å². The van der Waals surface area contributed by atoms with Crippen molar-refractivity contribution in [1.29, 1.82) is 0 Å². The Hall–Kier alpha value is -3.60. The van der Waals surface area contributed by atoms with Gasteiger partial charge in [0.25, 0.3) is 11.9 Å². The number of amides is 1. The third kappa shape index (κ3) is 3.34. The van der Waals surface area contributed by atoms with Gasteiger partial charge in [-0.15, -0.1) is 0 Å². The number of anilines is 1. The summed E-state index contributed by atoms with van der Waals surface area (Å²) in [6.07, 6.45) is 1.20. The number of nitrogens with one attached hydrogen (secondary N) is 1. The standard InChI is InChI=1S/C27H25N3O2/c1-17-11-12-20(18-7-3-2-4-8-18)22(13-17)26(31)30-16-19-14-21(19)24(30)15-28-27-29-23-9-5-6-10-25(23)32-27/h2-13,19,21,24H,14-16H2,1H3,(H,28,29). The number of nitrogens with zero attached hydrogens (tertiary/aromatic N) is 2. The van der Waals surface area contributed by atoms with Crippen LogP contribution in [0.1, 0.15) is 22.3 Å². The van der Waals surface area contributed by atoms with Gasteiger partial charge in [0.1, 0.15) is 5.52 Å². The summed E-state index contributed by atoms with van der Waals surface area (Å²) in [5.41, 5.74) is 5.55. The summed E-state index contributed by atoms with van der Waals surface area (Å²) < 4.78 is 5.82. The molecule has 1 aliphatic heterocycles. The van der Waals surface area contributed by atoms with E-state index < -0.39 is 0 Å². The number of hydrogen-bond donors (Lipinski definition) is 1. The van der Waals surface area contributed by atoms with Crippen molar-refractivity contribution in [2.24, 2.45) is 11.8 Å². The van der Waals surface area contributed by atoms with E-state index in [9.17, 15) is 4.79 Å². The lowest BCUT2D eigenvalue weighted by molar-refractivity contribution is 0.0715. The van der Waals surface area contributed by atoms with Gasteiger partial charge < -0.3 is 14.6 Å². The van der Waals surface area contributed by atoms with Crippen LogP contribution < -0.4 is 5.32 Å². The predicted molar refractivity (Wildman–Crippen MR) is 126 cm³/mol. The van der Waals surface area contributed by atoms with E-state index in [4.69, 9.17) is 4.42 Å². The van der Waals surface area contributed by atoms with E-state index in [-0.39, 0.29) is 11.9 Å². The average molecular weight is 424 g/mol. The molecule has 1 saturated heterocycles. The number of carbonyl (C=O) groups is 1. The smallest absolute Gasteiger partial charge is 0.295 e. The van der Waals surface area contributed by atoms with Crippen molar-refractivity contribution in [2.75, 3.05) is 18.4 Å². The third-order valence-electron chi connectivity index (χ3n) is 6.81. The van der Waals surface area contributed by atoms with Crippen LogP contribution in [0.15, 0.2) is 77.2 Å². The quantitative estimate of drug-likeness (QED) is 0.468. The van der Waals surface area contributed by atoms with E-state index in [1.807, 2.05) is 55.5 Å². The highest BCUT2D eigenvalue weighted by atomic mass is 16.4. The highest BCUT2D eigenvalue weighted by Crippen LogP contribution is 2.50. The Kier molecular flexibility index (Phi) is 4.49. The first-order valence-corrected chi connectivity index (χ1v) is 11.2. The summed E-state index contributed by atoms with van der Waals surface area (Å²) >= 11 is 0. The summed E-state index contributed by atoms with van der Waals surface area (Å²) in [6, 6.07) is 24.7. The van der Waals surface area contributed by atoms with Crippen molar-refractivity contribution >= 4 is 23.0 Å². The van der Waals surface area contributed by atoms with Gasteiger partial charge in [-0.3, -0.25) is 4.79 Å². The molecule has 3 aromatic carbocycles. The van der Waals surface area contributed by atoms with Crippen LogP contribution in [0.25, 0.3) is 22.2 Å². The van der Waals surface area contributed by atoms with Crippen LogP contribution in [0.3, 0.4) is 0 Å². The molecule has 0 radical (unpaired) electrons. The number of aromatic nitrogens is 1. The zero-order valence-corrected chi connectivity index (χ0v) is 18.0. The van der Waals surface area contributed by atoms with Gasteiger partial charge in [0.05, 0.1) is 6.04 Å². The largest absolute Gasteiger partial charge is 0.424 e. The lowest BCUT2D eigenvalue weighted by atomic mass is 9.96. The molecule has 5 heteroatoms. The number of aryl methyl sites for hydroxylation is 1. The van der Waals surface area contributed by atoms with Gasteiger partial charge in [-0.25, -0.2) is 0 Å². The first-order chi connectivity index (χ1) is 15.7. The fourth-order valence-corrected chi connectivity index (χ4v) is 5.07. The molecule has 6 rings (SSSR count). The number of fused-ring (bicyclic) bond motifs is 2. The maximum atomic E-state index is 13.8. The molecule has 32 heavy (non-hydrogen) atoms. The summed E-state index contributed by atoms with van der Waals surface area (Å²) in [5, 5.41) is 3.36. The molecule has 2 fully saturated rings. The Balaban J connectivity index is 1.26. The number of likely N-dealkylation sites (tertiary alicyclic amines) is 1. The van der Waals surface area contributed by atoms with E-state index in [1.54, 1.807) is 0 Å². The zero-order chi connectivity index (χ0) is 21.7. The van der Waals surface area contributed by atoms with Crippen LogP contribution in [-0.4, -0.2) is 34.9 Å². The topological polar surface area (TPSA) is 58.4 Å². The fraction of sp³-hybridized carbons (Fsp3) is 0.259. The van der Waals surface area contributed by atoms with Crippen molar-refractivity contribution in [3.8, 4) is 11.1 Å². The summed E-state index contributed by atoms with van der Waals surface area (Å²) in [4.78, 5) is 20.4. The molecule has 1 aromatic heterocycles. The van der Waals surface area contributed by atoms with Crippen LogP contribution in [-0.2, 0) is 0 Å². The van der Waals surface area contributed by atoms with Crippen molar-refractivity contribution in [3.05, 3.63) is 83.9 Å². The minimum Gasteiger partial charge on any atom is -0.424 e. The number of hydrogen-bond acceptors (Lipinski definition) is 4. The van der Waals surface area contributed by atoms with Crippen molar-refractivity contribution in [2.45, 2.75) is 19.4 Å². The molecular weight excluding hydrogens is 398 g/mol. The number of benzene rings is 3. The molecule has 0 bridgehead atoms. The normalized spacial score (nSPS) is 21.5. The van der Waals surface area contributed by atoms with Gasteiger partial charge >= 0.3 is 0 Å². The monoisotopic (exact) mass is 423 g/mol. The Morgan fingerprint density at radius 3 is 2.75 bits per heavy atom. The van der Waals surface area contributed by atoms with Crippen LogP contribution in [0.5, 0.6) is 0 Å². The van der Waals surface area contributed by atoms with E-state index in [2.05, 4.69) is 39.5 Å². The highest BCUT2D eigenvalue weighted by Gasteiger charge is 2.54. The Morgan fingerprint density at radius 2 is 1.91 bits per heavy atom. The van der Waals surface area contributed by atoms with Gasteiger partial charge in [0.2, 0.25) is 0 Å². The van der Waals surface area contributed by atoms with E-state index >= 15 is 0 Å². The zero-order valence-electron chi connectivity index (χ0n) is 18.0. The van der Waals surface area contributed by atoms with E-state index in [1.165, 1.54) is 6.42 Å².